The molecule has 8 nitrogen and oxygen atoms in total. The highest BCUT2D eigenvalue weighted by Gasteiger charge is 2.19. The van der Waals surface area contributed by atoms with Crippen LogP contribution in [0.1, 0.15) is 31.2 Å². The third kappa shape index (κ3) is 4.29. The molecular weight excluding hydrogens is 542 g/mol. The largest absolute Gasteiger partial charge is 0.455 e. The van der Waals surface area contributed by atoms with Crippen LogP contribution < -0.4 is 0 Å². The maximum Gasteiger partial charge on any atom is 0.180 e. The van der Waals surface area contributed by atoms with Crippen LogP contribution in [0.3, 0.4) is 0 Å². The Morgan fingerprint density at radius 2 is 1.92 bits per heavy atom. The van der Waals surface area contributed by atoms with Crippen molar-refractivity contribution in [1.29, 1.82) is 0 Å². The summed E-state index contributed by atoms with van der Waals surface area (Å²) in [6.07, 6.45) is 4.98. The van der Waals surface area contributed by atoms with Crippen LogP contribution in [-0.4, -0.2) is 35.2 Å². The van der Waals surface area contributed by atoms with Crippen molar-refractivity contribution in [3.63, 3.8) is 0 Å². The summed E-state index contributed by atoms with van der Waals surface area (Å²) in [4.78, 5) is 9.48. The van der Waals surface area contributed by atoms with Crippen molar-refractivity contribution >= 4 is 50.5 Å². The fraction of sp³-hybridized carbons (Fsp3) is 0.192. The lowest BCUT2D eigenvalue weighted by Crippen LogP contribution is -2.06. The minimum absolute atomic E-state index is 0. The number of furan rings is 1. The van der Waals surface area contributed by atoms with Crippen LogP contribution in [0.25, 0.3) is 44.8 Å². The van der Waals surface area contributed by atoms with E-state index in [4.69, 9.17) is 9.40 Å². The van der Waals surface area contributed by atoms with Gasteiger partial charge in [-0.3, -0.25) is 0 Å². The van der Waals surface area contributed by atoms with Crippen LogP contribution >= 0.6 is 28.3 Å². The van der Waals surface area contributed by atoms with Gasteiger partial charge in [0.05, 0.1) is 11.0 Å². The number of rotatable bonds is 7. The summed E-state index contributed by atoms with van der Waals surface area (Å²) in [6.45, 7) is 2.89. The Kier molecular flexibility index (Phi) is 6.84. The third-order valence-electron chi connectivity index (χ3n) is 6.14. The SMILES string of the molecule is CCCCc1nc2cccnc2n1Cc1ccc2oc(-c3ccccc3-c3nnn[nH]3)c(Br)c2c1.Cl. The molecule has 10 heteroatoms. The molecular formula is C26H23BrClN7O. The zero-order valence-corrected chi connectivity index (χ0v) is 21.9. The average molecular weight is 565 g/mol. The standard InChI is InChI=1S/C26H22BrN7O.ClH/c1-2-3-10-22-29-20-9-6-13-28-26(20)34(22)15-16-11-12-21-19(14-16)23(27)24(35-21)17-7-4-5-8-18(17)25-30-32-33-31-25;/h4-9,11-14H,2-3,10,15H2,1H3,(H,30,31,32,33);1H. The van der Waals surface area contributed by atoms with Crippen LogP contribution in [-0.2, 0) is 13.0 Å². The summed E-state index contributed by atoms with van der Waals surface area (Å²) >= 11 is 3.80. The van der Waals surface area contributed by atoms with Crippen LogP contribution in [0, 0.1) is 0 Å². The number of aryl methyl sites for hydroxylation is 1. The Morgan fingerprint density at radius 1 is 1.06 bits per heavy atom. The van der Waals surface area contributed by atoms with Crippen LogP contribution in [0.5, 0.6) is 0 Å². The van der Waals surface area contributed by atoms with Gasteiger partial charge in [-0.1, -0.05) is 43.7 Å². The second-order valence-corrected chi connectivity index (χ2v) is 9.23. The molecule has 0 fully saturated rings. The molecule has 0 aliphatic heterocycles. The minimum atomic E-state index is 0. The lowest BCUT2D eigenvalue weighted by molar-refractivity contribution is 0.629. The molecule has 6 aromatic rings. The summed E-state index contributed by atoms with van der Waals surface area (Å²) in [5, 5.41) is 15.4. The molecule has 182 valence electrons. The molecule has 0 saturated carbocycles. The second kappa shape index (κ2) is 10.2. The first-order valence-corrected chi connectivity index (χ1v) is 12.4. The fourth-order valence-corrected chi connectivity index (χ4v) is 5.03. The van der Waals surface area contributed by atoms with E-state index in [0.29, 0.717) is 12.4 Å². The van der Waals surface area contributed by atoms with Crippen LogP contribution in [0.15, 0.2) is 69.7 Å². The number of nitrogens with zero attached hydrogens (tertiary/aromatic N) is 6. The summed E-state index contributed by atoms with van der Waals surface area (Å²) in [6, 6.07) is 18.2. The number of unbranched alkanes of at least 4 members (excludes halogenated alkanes) is 1. The molecule has 0 radical (unpaired) electrons. The molecule has 0 amide bonds. The number of aromatic nitrogens is 7. The molecule has 0 saturated heterocycles. The van der Waals surface area contributed by atoms with Crippen LogP contribution in [0.2, 0.25) is 0 Å². The first kappa shape index (κ1) is 24.1. The molecule has 0 aliphatic rings. The zero-order valence-electron chi connectivity index (χ0n) is 19.5. The van der Waals surface area contributed by atoms with E-state index in [-0.39, 0.29) is 12.4 Å². The highest BCUT2D eigenvalue weighted by atomic mass is 79.9. The van der Waals surface area contributed by atoms with Gasteiger partial charge in [0, 0.05) is 29.1 Å². The number of tetrazole rings is 1. The summed E-state index contributed by atoms with van der Waals surface area (Å²) in [7, 11) is 0. The van der Waals surface area contributed by atoms with Gasteiger partial charge in [-0.15, -0.1) is 17.5 Å². The molecule has 0 bridgehead atoms. The van der Waals surface area contributed by atoms with Crippen molar-refractivity contribution in [2.45, 2.75) is 32.7 Å². The number of pyridine rings is 1. The average Bonchev–Trinajstić information content (AvgIpc) is 3.62. The molecule has 0 spiro atoms. The van der Waals surface area contributed by atoms with Gasteiger partial charge in [-0.05, 0) is 62.6 Å². The number of halogens is 2. The summed E-state index contributed by atoms with van der Waals surface area (Å²) in [5.74, 6) is 2.40. The predicted octanol–water partition coefficient (Wildman–Crippen LogP) is 6.60. The number of H-pyrrole nitrogens is 1. The predicted molar refractivity (Wildman–Crippen MR) is 145 cm³/mol. The second-order valence-electron chi connectivity index (χ2n) is 8.43. The number of benzene rings is 2. The quantitative estimate of drug-likeness (QED) is 0.235. The van der Waals surface area contributed by atoms with Gasteiger partial charge in [0.25, 0.3) is 0 Å². The van der Waals surface area contributed by atoms with Crippen LogP contribution in [0.4, 0.5) is 0 Å². The first-order chi connectivity index (χ1) is 17.2. The van der Waals surface area contributed by atoms with Crippen molar-refractivity contribution < 1.29 is 4.42 Å². The Morgan fingerprint density at radius 3 is 2.72 bits per heavy atom. The number of hydrogen-bond acceptors (Lipinski definition) is 6. The lowest BCUT2D eigenvalue weighted by Gasteiger charge is -2.09. The third-order valence-corrected chi connectivity index (χ3v) is 6.93. The van der Waals surface area contributed by atoms with Gasteiger partial charge >= 0.3 is 0 Å². The fourth-order valence-electron chi connectivity index (χ4n) is 4.43. The zero-order chi connectivity index (χ0) is 23.8. The molecule has 4 aromatic heterocycles. The van der Waals surface area contributed by atoms with E-state index in [0.717, 1.165) is 74.1 Å². The monoisotopic (exact) mass is 563 g/mol. The van der Waals surface area contributed by atoms with E-state index in [1.807, 2.05) is 48.7 Å². The number of aromatic amines is 1. The number of fused-ring (bicyclic) bond motifs is 2. The van der Waals surface area contributed by atoms with Gasteiger partial charge in [-0.25, -0.2) is 15.1 Å². The topological polar surface area (TPSA) is 98.3 Å². The van der Waals surface area contributed by atoms with Gasteiger partial charge in [0.1, 0.15) is 22.7 Å². The number of imidazole rings is 1. The normalized spacial score (nSPS) is 11.3. The minimum Gasteiger partial charge on any atom is -0.455 e. The molecule has 6 rings (SSSR count). The highest BCUT2D eigenvalue weighted by Crippen LogP contribution is 2.41. The van der Waals surface area contributed by atoms with Crippen molar-refractivity contribution in [2.24, 2.45) is 0 Å². The van der Waals surface area contributed by atoms with Crippen molar-refractivity contribution in [3.05, 3.63) is 76.7 Å². The van der Waals surface area contributed by atoms with Crippen molar-refractivity contribution in [2.75, 3.05) is 0 Å². The van der Waals surface area contributed by atoms with Gasteiger partial charge in [-0.2, -0.15) is 0 Å². The van der Waals surface area contributed by atoms with E-state index < -0.39 is 0 Å². The van der Waals surface area contributed by atoms with E-state index in [9.17, 15) is 0 Å². The number of nitrogens with one attached hydrogen (secondary N) is 1. The molecule has 0 aliphatic carbocycles. The molecule has 0 unspecified atom stereocenters. The Labute approximate surface area is 221 Å². The van der Waals surface area contributed by atoms with Gasteiger partial charge in [0.15, 0.2) is 11.5 Å². The lowest BCUT2D eigenvalue weighted by atomic mass is 10.0. The summed E-state index contributed by atoms with van der Waals surface area (Å²) < 4.78 is 9.43. The Bertz CT molecular complexity index is 1640. The smallest absolute Gasteiger partial charge is 0.180 e. The van der Waals surface area contributed by atoms with Crippen molar-refractivity contribution in [1.82, 2.24) is 35.2 Å². The molecule has 4 heterocycles. The van der Waals surface area contributed by atoms with E-state index in [1.165, 1.54) is 0 Å². The maximum absolute atomic E-state index is 6.30. The van der Waals surface area contributed by atoms with Gasteiger partial charge < -0.3 is 8.98 Å². The summed E-state index contributed by atoms with van der Waals surface area (Å²) in [5.41, 5.74) is 5.59. The molecule has 0 atom stereocenters. The van der Waals surface area contributed by atoms with Gasteiger partial charge in [0.2, 0.25) is 0 Å². The van der Waals surface area contributed by atoms with E-state index in [1.54, 1.807) is 0 Å². The van der Waals surface area contributed by atoms with E-state index >= 15 is 0 Å². The number of hydrogen-bond donors (Lipinski definition) is 1. The van der Waals surface area contributed by atoms with E-state index in [2.05, 4.69) is 65.2 Å². The Balaban J connectivity index is 0.00000267. The van der Waals surface area contributed by atoms with Crippen molar-refractivity contribution in [3.8, 4) is 22.7 Å². The molecule has 1 N–H and O–H groups in total. The first-order valence-electron chi connectivity index (χ1n) is 11.6. The highest BCUT2D eigenvalue weighted by molar-refractivity contribution is 9.10. The Hall–Kier alpha value is -3.56. The molecule has 2 aromatic carbocycles. The molecule has 36 heavy (non-hydrogen) atoms. The maximum atomic E-state index is 6.30.